The zero-order chi connectivity index (χ0) is 12.4. The maximum Gasteiger partial charge on any atom is 0.345 e. The standard InChI is InChI=1S/C12H18N2O2S/c1-9-7-13(2)4-3-5-14(9)10-6-11(12(15)16)17-8-10/h6,8-9H,3-5,7H2,1-2H3,(H,15,16). The molecule has 1 saturated heterocycles. The molecule has 0 saturated carbocycles. The Morgan fingerprint density at radius 2 is 2.29 bits per heavy atom. The molecule has 5 heteroatoms. The first kappa shape index (κ1) is 12.4. The van der Waals surface area contributed by atoms with Crippen molar-refractivity contribution in [2.45, 2.75) is 19.4 Å². The molecular formula is C12H18N2O2S. The molecule has 1 aromatic rings. The predicted molar refractivity (Wildman–Crippen MR) is 70.2 cm³/mol. The molecule has 0 radical (unpaired) electrons. The Kier molecular flexibility index (Phi) is 3.69. The molecule has 0 aromatic carbocycles. The van der Waals surface area contributed by atoms with Crippen LogP contribution in [0.2, 0.25) is 0 Å². The third-order valence-corrected chi connectivity index (χ3v) is 4.08. The van der Waals surface area contributed by atoms with Gasteiger partial charge in [0.15, 0.2) is 0 Å². The van der Waals surface area contributed by atoms with Crippen LogP contribution >= 0.6 is 11.3 Å². The van der Waals surface area contributed by atoms with Crippen molar-refractivity contribution in [3.63, 3.8) is 0 Å². The van der Waals surface area contributed by atoms with Gasteiger partial charge >= 0.3 is 5.97 Å². The zero-order valence-electron chi connectivity index (χ0n) is 10.2. The Bertz CT molecular complexity index is 405. The zero-order valence-corrected chi connectivity index (χ0v) is 11.0. The number of anilines is 1. The van der Waals surface area contributed by atoms with Crippen LogP contribution in [0.3, 0.4) is 0 Å². The lowest BCUT2D eigenvalue weighted by molar-refractivity contribution is 0.0702. The van der Waals surface area contributed by atoms with Gasteiger partial charge in [-0.1, -0.05) is 0 Å². The van der Waals surface area contributed by atoms with Crippen LogP contribution in [0.15, 0.2) is 11.4 Å². The quantitative estimate of drug-likeness (QED) is 0.876. The molecule has 0 aliphatic carbocycles. The average Bonchev–Trinajstić information content (AvgIpc) is 2.67. The summed E-state index contributed by atoms with van der Waals surface area (Å²) in [6, 6.07) is 2.22. The lowest BCUT2D eigenvalue weighted by Crippen LogP contribution is -2.37. The number of rotatable bonds is 2. The fourth-order valence-corrected chi connectivity index (χ4v) is 3.09. The summed E-state index contributed by atoms with van der Waals surface area (Å²) < 4.78 is 0. The lowest BCUT2D eigenvalue weighted by atomic mass is 10.2. The fraction of sp³-hybridized carbons (Fsp3) is 0.583. The normalized spacial score (nSPS) is 22.5. The van der Waals surface area contributed by atoms with E-state index >= 15 is 0 Å². The van der Waals surface area contributed by atoms with Crippen molar-refractivity contribution >= 4 is 23.0 Å². The summed E-state index contributed by atoms with van der Waals surface area (Å²) in [6.07, 6.45) is 1.12. The van der Waals surface area contributed by atoms with Crippen LogP contribution in [0.25, 0.3) is 0 Å². The topological polar surface area (TPSA) is 43.8 Å². The van der Waals surface area contributed by atoms with E-state index < -0.39 is 5.97 Å². The molecule has 1 atom stereocenters. The Morgan fingerprint density at radius 3 is 2.94 bits per heavy atom. The molecule has 2 heterocycles. The minimum absolute atomic E-state index is 0.421. The summed E-state index contributed by atoms with van der Waals surface area (Å²) in [6.45, 7) is 5.33. The number of likely N-dealkylation sites (N-methyl/N-ethyl adjacent to an activating group) is 1. The third kappa shape index (κ3) is 2.79. The molecule has 1 aliphatic heterocycles. The molecule has 1 unspecified atom stereocenters. The number of nitrogens with zero attached hydrogens (tertiary/aromatic N) is 2. The highest BCUT2D eigenvalue weighted by Gasteiger charge is 2.21. The van der Waals surface area contributed by atoms with Crippen LogP contribution in [0.5, 0.6) is 0 Å². The highest BCUT2D eigenvalue weighted by Crippen LogP contribution is 2.26. The molecule has 2 rings (SSSR count). The second-order valence-electron chi connectivity index (χ2n) is 4.63. The first-order valence-electron chi connectivity index (χ1n) is 5.85. The van der Waals surface area contributed by atoms with Gasteiger partial charge in [-0.2, -0.15) is 0 Å². The van der Waals surface area contributed by atoms with Crippen molar-refractivity contribution in [1.82, 2.24) is 4.90 Å². The molecule has 1 N–H and O–H groups in total. The molecule has 0 amide bonds. The fourth-order valence-electron chi connectivity index (χ4n) is 2.34. The molecule has 1 aliphatic rings. The smallest absolute Gasteiger partial charge is 0.345 e. The van der Waals surface area contributed by atoms with E-state index in [0.717, 1.165) is 31.7 Å². The van der Waals surface area contributed by atoms with Crippen LogP contribution in [0.4, 0.5) is 5.69 Å². The van der Waals surface area contributed by atoms with E-state index in [1.165, 1.54) is 11.3 Å². The van der Waals surface area contributed by atoms with Crippen LogP contribution < -0.4 is 4.90 Å². The van der Waals surface area contributed by atoms with E-state index in [2.05, 4.69) is 23.8 Å². The van der Waals surface area contributed by atoms with E-state index in [-0.39, 0.29) is 0 Å². The van der Waals surface area contributed by atoms with Crippen molar-refractivity contribution in [3.05, 3.63) is 16.3 Å². The summed E-state index contributed by atoms with van der Waals surface area (Å²) in [5.41, 5.74) is 1.05. The number of thiophene rings is 1. The van der Waals surface area contributed by atoms with Gasteiger partial charge in [-0.3, -0.25) is 0 Å². The van der Waals surface area contributed by atoms with E-state index in [4.69, 9.17) is 5.11 Å². The van der Waals surface area contributed by atoms with Gasteiger partial charge in [-0.15, -0.1) is 11.3 Å². The second-order valence-corrected chi connectivity index (χ2v) is 5.54. The van der Waals surface area contributed by atoms with Gasteiger partial charge in [0.2, 0.25) is 0 Å². The van der Waals surface area contributed by atoms with E-state index in [1.807, 2.05) is 5.38 Å². The van der Waals surface area contributed by atoms with Gasteiger partial charge in [0.1, 0.15) is 4.88 Å². The lowest BCUT2D eigenvalue weighted by Gasteiger charge is -2.29. The van der Waals surface area contributed by atoms with Gasteiger partial charge in [-0.05, 0) is 33.0 Å². The molecule has 1 fully saturated rings. The molecule has 0 bridgehead atoms. The van der Waals surface area contributed by atoms with Crippen molar-refractivity contribution in [2.24, 2.45) is 0 Å². The Labute approximate surface area is 105 Å². The van der Waals surface area contributed by atoms with Crippen molar-refractivity contribution in [1.29, 1.82) is 0 Å². The third-order valence-electron chi connectivity index (χ3n) is 3.17. The van der Waals surface area contributed by atoms with Crippen LogP contribution in [-0.4, -0.2) is 48.7 Å². The van der Waals surface area contributed by atoms with Crippen LogP contribution in [-0.2, 0) is 0 Å². The molecular weight excluding hydrogens is 236 g/mol. The Morgan fingerprint density at radius 1 is 1.53 bits per heavy atom. The Hall–Kier alpha value is -1.07. The van der Waals surface area contributed by atoms with Crippen LogP contribution in [0, 0.1) is 0 Å². The van der Waals surface area contributed by atoms with E-state index in [1.54, 1.807) is 6.07 Å². The van der Waals surface area contributed by atoms with Gasteiger partial charge in [0.05, 0.1) is 0 Å². The van der Waals surface area contributed by atoms with Gasteiger partial charge < -0.3 is 14.9 Å². The highest BCUT2D eigenvalue weighted by atomic mass is 32.1. The first-order chi connectivity index (χ1) is 8.08. The summed E-state index contributed by atoms with van der Waals surface area (Å²) in [7, 11) is 2.14. The molecule has 1 aromatic heterocycles. The van der Waals surface area contributed by atoms with Crippen molar-refractivity contribution < 1.29 is 9.90 Å². The summed E-state index contributed by atoms with van der Waals surface area (Å²) in [5.74, 6) is -0.833. The predicted octanol–water partition coefficient (Wildman–Crippen LogP) is 1.98. The average molecular weight is 254 g/mol. The number of hydrogen-bond acceptors (Lipinski definition) is 4. The second kappa shape index (κ2) is 5.06. The summed E-state index contributed by atoms with van der Waals surface area (Å²) >= 11 is 1.31. The summed E-state index contributed by atoms with van der Waals surface area (Å²) in [4.78, 5) is 15.9. The minimum atomic E-state index is -0.833. The van der Waals surface area contributed by atoms with Gasteiger partial charge in [0, 0.05) is 30.2 Å². The van der Waals surface area contributed by atoms with Crippen molar-refractivity contribution in [3.8, 4) is 0 Å². The number of carboxylic acids is 1. The maximum atomic E-state index is 10.9. The van der Waals surface area contributed by atoms with E-state index in [0.29, 0.717) is 10.9 Å². The van der Waals surface area contributed by atoms with Gasteiger partial charge in [-0.25, -0.2) is 4.79 Å². The number of aromatic carboxylic acids is 1. The van der Waals surface area contributed by atoms with Gasteiger partial charge in [0.25, 0.3) is 0 Å². The largest absolute Gasteiger partial charge is 0.477 e. The van der Waals surface area contributed by atoms with Crippen LogP contribution in [0.1, 0.15) is 23.0 Å². The van der Waals surface area contributed by atoms with Crippen molar-refractivity contribution in [2.75, 3.05) is 31.6 Å². The first-order valence-corrected chi connectivity index (χ1v) is 6.73. The summed E-state index contributed by atoms with van der Waals surface area (Å²) in [5, 5.41) is 10.9. The minimum Gasteiger partial charge on any atom is -0.477 e. The molecule has 17 heavy (non-hydrogen) atoms. The maximum absolute atomic E-state index is 10.9. The Balaban J connectivity index is 2.16. The monoisotopic (exact) mass is 254 g/mol. The molecule has 94 valence electrons. The number of hydrogen-bond donors (Lipinski definition) is 1. The molecule has 4 nitrogen and oxygen atoms in total. The van der Waals surface area contributed by atoms with E-state index in [9.17, 15) is 4.79 Å². The molecule has 0 spiro atoms. The SMILES string of the molecule is CC1CN(C)CCCN1c1csc(C(=O)O)c1. The number of carbonyl (C=O) groups is 1. The number of carboxylic acid groups (broad SMARTS) is 1. The highest BCUT2D eigenvalue weighted by molar-refractivity contribution is 7.12.